The van der Waals surface area contributed by atoms with Gasteiger partial charge in [-0.05, 0) is 25.0 Å². The summed E-state index contributed by atoms with van der Waals surface area (Å²) in [5.74, 6) is 0.579. The van der Waals surface area contributed by atoms with Crippen LogP contribution in [0.3, 0.4) is 0 Å². The number of allylic oxidation sites excluding steroid dienone is 1. The number of amides is 1. The zero-order valence-corrected chi connectivity index (χ0v) is 11.5. The second kappa shape index (κ2) is 3.84. The van der Waals surface area contributed by atoms with Gasteiger partial charge in [0.05, 0.1) is 11.4 Å². The molecule has 6 heteroatoms. The smallest absolute Gasteiger partial charge is 0.277 e. The van der Waals surface area contributed by atoms with Crippen LogP contribution in [0.25, 0.3) is 11.0 Å². The summed E-state index contributed by atoms with van der Waals surface area (Å²) in [7, 11) is 0. The van der Waals surface area contributed by atoms with E-state index < -0.39 is 0 Å². The van der Waals surface area contributed by atoms with Crippen LogP contribution < -0.4 is 0 Å². The molecule has 1 fully saturated rings. The molecule has 2 aromatic heterocycles. The molecule has 1 amide bonds. The van der Waals surface area contributed by atoms with E-state index >= 15 is 0 Å². The number of hydrogen-bond donors (Lipinski definition) is 1. The number of carbonyl (C=O) groups excluding carboxylic acids is 1. The second-order valence-corrected chi connectivity index (χ2v) is 6.07. The Labute approximate surface area is 121 Å². The van der Waals surface area contributed by atoms with E-state index in [1.54, 1.807) is 6.20 Å². The number of nitrogens with zero attached hydrogens (tertiary/aromatic N) is 4. The Morgan fingerprint density at radius 1 is 1.43 bits per heavy atom. The predicted molar refractivity (Wildman–Crippen MR) is 76.2 cm³/mol. The summed E-state index contributed by atoms with van der Waals surface area (Å²) in [6.07, 6.45) is 6.12. The van der Waals surface area contributed by atoms with Crippen LogP contribution in [0.2, 0.25) is 0 Å². The monoisotopic (exact) mass is 281 g/mol. The molecule has 0 spiro atoms. The van der Waals surface area contributed by atoms with Crippen molar-refractivity contribution in [3.05, 3.63) is 35.9 Å². The zero-order valence-electron chi connectivity index (χ0n) is 11.5. The molecule has 0 saturated carbocycles. The molecule has 5 heterocycles. The van der Waals surface area contributed by atoms with E-state index in [-0.39, 0.29) is 5.91 Å². The Kier molecular flexibility index (Phi) is 2.07. The van der Waals surface area contributed by atoms with E-state index in [1.807, 2.05) is 17.0 Å². The number of pyridine rings is 1. The summed E-state index contributed by atoms with van der Waals surface area (Å²) in [4.78, 5) is 21.5. The van der Waals surface area contributed by atoms with E-state index in [0.29, 0.717) is 23.3 Å². The van der Waals surface area contributed by atoms with Gasteiger partial charge in [-0.1, -0.05) is 0 Å². The minimum absolute atomic E-state index is 0.0331. The number of nitrogens with one attached hydrogen (secondary N) is 1. The Morgan fingerprint density at radius 2 is 2.38 bits per heavy atom. The SMILES string of the molecule is O=C(c1[nH]nc2ncccc12)N1C2=CN3CC[C@H]2C[C@H]1C3. The summed E-state index contributed by atoms with van der Waals surface area (Å²) >= 11 is 0. The molecular weight excluding hydrogens is 266 g/mol. The van der Waals surface area contributed by atoms with Crippen molar-refractivity contribution < 1.29 is 4.79 Å². The van der Waals surface area contributed by atoms with Gasteiger partial charge in [0.15, 0.2) is 5.65 Å². The summed E-state index contributed by atoms with van der Waals surface area (Å²) in [5.41, 5.74) is 2.35. The normalized spacial score (nSPS) is 26.6. The third-order valence-corrected chi connectivity index (χ3v) is 4.91. The number of carbonyl (C=O) groups is 1. The Bertz CT molecular complexity index is 777. The molecule has 2 aromatic rings. The lowest BCUT2D eigenvalue weighted by molar-refractivity contribution is 0.0716. The molecule has 3 bridgehead atoms. The van der Waals surface area contributed by atoms with E-state index in [9.17, 15) is 4.79 Å². The van der Waals surface area contributed by atoms with Gasteiger partial charge in [0, 0.05) is 37.1 Å². The van der Waals surface area contributed by atoms with Crippen LogP contribution in [0.5, 0.6) is 0 Å². The van der Waals surface area contributed by atoms with Gasteiger partial charge < -0.3 is 9.80 Å². The number of fused-ring (bicyclic) bond motifs is 3. The molecule has 21 heavy (non-hydrogen) atoms. The van der Waals surface area contributed by atoms with Crippen molar-refractivity contribution in [1.29, 1.82) is 0 Å². The standard InChI is InChI=1S/C15H15N5O/c21-15(13-11-2-1-4-16-14(11)18-17-13)20-10-6-9-3-5-19(7-10)8-12(9)20/h1-2,4,8-10H,3,5-7H2,(H,16,17,18)/t9-,10-/m0/s1. The molecule has 5 rings (SSSR count). The highest BCUT2D eigenvalue weighted by Gasteiger charge is 2.46. The second-order valence-electron chi connectivity index (χ2n) is 6.07. The van der Waals surface area contributed by atoms with E-state index in [4.69, 9.17) is 0 Å². The highest BCUT2D eigenvalue weighted by atomic mass is 16.2. The number of H-pyrrole nitrogens is 1. The average molecular weight is 281 g/mol. The maximum atomic E-state index is 13.0. The minimum Gasteiger partial charge on any atom is -0.374 e. The highest BCUT2D eigenvalue weighted by Crippen LogP contribution is 2.43. The van der Waals surface area contributed by atoms with Crippen LogP contribution in [-0.2, 0) is 0 Å². The number of rotatable bonds is 1. The fourth-order valence-electron chi connectivity index (χ4n) is 3.96. The van der Waals surface area contributed by atoms with Crippen LogP contribution >= 0.6 is 0 Å². The zero-order chi connectivity index (χ0) is 14.0. The molecular formula is C15H15N5O. The molecule has 0 unspecified atom stereocenters. The quantitative estimate of drug-likeness (QED) is 0.857. The van der Waals surface area contributed by atoms with E-state index in [0.717, 1.165) is 31.3 Å². The van der Waals surface area contributed by atoms with Gasteiger partial charge in [-0.3, -0.25) is 9.89 Å². The molecule has 2 atom stereocenters. The van der Waals surface area contributed by atoms with Crippen molar-refractivity contribution in [3.8, 4) is 0 Å². The molecule has 3 aliphatic heterocycles. The summed E-state index contributed by atoms with van der Waals surface area (Å²) in [6.45, 7) is 2.08. The van der Waals surface area contributed by atoms with Crippen molar-refractivity contribution in [2.24, 2.45) is 5.92 Å². The first-order valence-electron chi connectivity index (χ1n) is 7.39. The minimum atomic E-state index is 0.0331. The number of aromatic amines is 1. The number of aromatic nitrogens is 3. The first-order chi connectivity index (χ1) is 10.3. The van der Waals surface area contributed by atoms with Crippen LogP contribution in [0.15, 0.2) is 30.2 Å². The van der Waals surface area contributed by atoms with Gasteiger partial charge in [-0.2, -0.15) is 5.10 Å². The van der Waals surface area contributed by atoms with Gasteiger partial charge in [0.25, 0.3) is 5.91 Å². The average Bonchev–Trinajstić information content (AvgIpc) is 2.96. The lowest BCUT2D eigenvalue weighted by atomic mass is 9.99. The molecule has 1 N–H and O–H groups in total. The fourth-order valence-corrected chi connectivity index (χ4v) is 3.96. The molecule has 3 aliphatic rings. The molecule has 1 saturated heterocycles. The summed E-state index contributed by atoms with van der Waals surface area (Å²) < 4.78 is 0. The molecule has 106 valence electrons. The first-order valence-corrected chi connectivity index (χ1v) is 7.39. The highest BCUT2D eigenvalue weighted by molar-refractivity contribution is 6.04. The lowest BCUT2D eigenvalue weighted by Crippen LogP contribution is -2.46. The van der Waals surface area contributed by atoms with Crippen LogP contribution in [0, 0.1) is 5.92 Å². The van der Waals surface area contributed by atoms with Gasteiger partial charge in [-0.15, -0.1) is 0 Å². The van der Waals surface area contributed by atoms with Crippen LogP contribution in [0.4, 0.5) is 0 Å². The topological polar surface area (TPSA) is 65.1 Å². The van der Waals surface area contributed by atoms with Crippen molar-refractivity contribution in [2.75, 3.05) is 13.1 Å². The van der Waals surface area contributed by atoms with Gasteiger partial charge in [0.2, 0.25) is 0 Å². The molecule has 0 aromatic carbocycles. The van der Waals surface area contributed by atoms with Gasteiger partial charge in [0.1, 0.15) is 5.69 Å². The van der Waals surface area contributed by atoms with Gasteiger partial charge in [-0.25, -0.2) is 4.98 Å². The Balaban J connectivity index is 1.60. The predicted octanol–water partition coefficient (Wildman–Crippen LogP) is 1.35. The van der Waals surface area contributed by atoms with E-state index in [2.05, 4.69) is 26.3 Å². The largest absolute Gasteiger partial charge is 0.374 e. The Hall–Kier alpha value is -2.37. The maximum absolute atomic E-state index is 13.0. The first kappa shape index (κ1) is 11.3. The third-order valence-electron chi connectivity index (χ3n) is 4.91. The van der Waals surface area contributed by atoms with Crippen molar-refractivity contribution in [1.82, 2.24) is 25.0 Å². The Morgan fingerprint density at radius 3 is 3.33 bits per heavy atom. The molecule has 0 aliphatic carbocycles. The summed E-state index contributed by atoms with van der Waals surface area (Å²) in [6, 6.07) is 4.04. The fraction of sp³-hybridized carbons (Fsp3) is 0.400. The van der Waals surface area contributed by atoms with E-state index in [1.165, 1.54) is 5.70 Å². The maximum Gasteiger partial charge on any atom is 0.277 e. The summed E-state index contributed by atoms with van der Waals surface area (Å²) in [5, 5.41) is 7.82. The van der Waals surface area contributed by atoms with Crippen molar-refractivity contribution in [3.63, 3.8) is 0 Å². The van der Waals surface area contributed by atoms with Crippen LogP contribution in [0.1, 0.15) is 23.3 Å². The van der Waals surface area contributed by atoms with Crippen LogP contribution in [-0.4, -0.2) is 50.0 Å². The lowest BCUT2D eigenvalue weighted by Gasteiger charge is -2.38. The molecule has 6 nitrogen and oxygen atoms in total. The number of hydrogen-bond acceptors (Lipinski definition) is 4. The third kappa shape index (κ3) is 1.44. The van der Waals surface area contributed by atoms with Crippen molar-refractivity contribution >= 4 is 16.9 Å². The van der Waals surface area contributed by atoms with Crippen molar-refractivity contribution in [2.45, 2.75) is 18.9 Å². The molecule has 0 radical (unpaired) electrons. The van der Waals surface area contributed by atoms with Gasteiger partial charge >= 0.3 is 0 Å².